The Morgan fingerprint density at radius 3 is 2.21 bits per heavy atom. The minimum absolute atomic E-state index is 0.180. The predicted octanol–water partition coefficient (Wildman–Crippen LogP) is 2.94. The van der Waals surface area contributed by atoms with Gasteiger partial charge in [0.1, 0.15) is 0 Å². The molecule has 4 rings (SSSR count). The first kappa shape index (κ1) is 14.3. The molecule has 0 atom stereocenters. The molecule has 0 fully saturated rings. The van der Waals surface area contributed by atoms with E-state index in [1.54, 1.807) is 60.7 Å². The van der Waals surface area contributed by atoms with Crippen LogP contribution < -0.4 is 0 Å². The van der Waals surface area contributed by atoms with Gasteiger partial charge in [-0.3, -0.25) is 19.3 Å². The Morgan fingerprint density at radius 2 is 1.58 bits per heavy atom. The molecule has 0 aliphatic heterocycles. The molecule has 0 spiro atoms. The second-order valence-electron chi connectivity index (χ2n) is 5.60. The van der Waals surface area contributed by atoms with Crippen LogP contribution in [-0.2, 0) is 7.05 Å². The molecule has 116 valence electrons. The van der Waals surface area contributed by atoms with Crippen LogP contribution in [0.15, 0.2) is 60.6 Å². The van der Waals surface area contributed by atoms with Crippen LogP contribution >= 0.6 is 0 Å². The summed E-state index contributed by atoms with van der Waals surface area (Å²) in [7, 11) is 1.81. The molecule has 1 aromatic carbocycles. The lowest BCUT2D eigenvalue weighted by molar-refractivity contribution is 0.0990. The molecule has 0 saturated heterocycles. The van der Waals surface area contributed by atoms with E-state index in [9.17, 15) is 9.59 Å². The molecule has 0 bridgehead atoms. The normalized spacial score (nSPS) is 13.3. The molecule has 3 aromatic rings. The first-order chi connectivity index (χ1) is 11.6. The van der Waals surface area contributed by atoms with Gasteiger partial charge >= 0.3 is 0 Å². The van der Waals surface area contributed by atoms with Crippen LogP contribution in [0.4, 0.5) is 0 Å². The SMILES string of the molecule is Cn1cc(C=C2C(=O)c3ccccc3C2=O)c(-c2ccncc2)n1. The number of allylic oxidation sites excluding steroid dienone is 1. The minimum atomic E-state index is -0.236. The lowest BCUT2D eigenvalue weighted by Crippen LogP contribution is -2.00. The summed E-state index contributed by atoms with van der Waals surface area (Å²) in [6.45, 7) is 0. The lowest BCUT2D eigenvalue weighted by Gasteiger charge is -1.99. The van der Waals surface area contributed by atoms with Crippen molar-refractivity contribution >= 4 is 17.6 Å². The Bertz CT molecular complexity index is 963. The number of nitrogens with zero attached hydrogens (tertiary/aromatic N) is 3. The molecule has 5 nitrogen and oxygen atoms in total. The molecule has 24 heavy (non-hydrogen) atoms. The molecule has 2 aromatic heterocycles. The summed E-state index contributed by atoms with van der Waals surface area (Å²) in [5.74, 6) is -0.472. The Morgan fingerprint density at radius 1 is 0.958 bits per heavy atom. The number of aromatic nitrogens is 3. The fourth-order valence-corrected chi connectivity index (χ4v) is 2.91. The zero-order chi connectivity index (χ0) is 16.7. The highest BCUT2D eigenvalue weighted by Crippen LogP contribution is 2.30. The van der Waals surface area contributed by atoms with Crippen LogP contribution in [0.5, 0.6) is 0 Å². The third kappa shape index (κ3) is 2.18. The molecule has 0 radical (unpaired) electrons. The van der Waals surface area contributed by atoms with Crippen molar-refractivity contribution in [3.8, 4) is 11.3 Å². The van der Waals surface area contributed by atoms with Crippen LogP contribution in [0.1, 0.15) is 26.3 Å². The van der Waals surface area contributed by atoms with Gasteiger partial charge in [0, 0.05) is 47.9 Å². The van der Waals surface area contributed by atoms with E-state index in [4.69, 9.17) is 0 Å². The number of hydrogen-bond acceptors (Lipinski definition) is 4. The number of Topliss-reactive ketones (excluding diaryl/α,β-unsaturated/α-hetero) is 2. The van der Waals surface area contributed by atoms with Crippen molar-refractivity contribution in [1.82, 2.24) is 14.8 Å². The second-order valence-corrected chi connectivity index (χ2v) is 5.60. The molecular formula is C19H13N3O2. The number of rotatable bonds is 2. The van der Waals surface area contributed by atoms with Crippen LogP contribution in [0.2, 0.25) is 0 Å². The quantitative estimate of drug-likeness (QED) is 0.539. The van der Waals surface area contributed by atoms with Crippen LogP contribution in [0, 0.1) is 0 Å². The van der Waals surface area contributed by atoms with E-state index >= 15 is 0 Å². The third-order valence-electron chi connectivity index (χ3n) is 4.02. The van der Waals surface area contributed by atoms with Crippen molar-refractivity contribution in [3.05, 3.63) is 77.3 Å². The maximum Gasteiger partial charge on any atom is 0.197 e. The predicted molar refractivity (Wildman–Crippen MR) is 89.5 cm³/mol. The summed E-state index contributed by atoms with van der Waals surface area (Å²) in [5, 5.41) is 4.44. The van der Waals surface area contributed by atoms with E-state index in [2.05, 4.69) is 10.1 Å². The van der Waals surface area contributed by atoms with Crippen molar-refractivity contribution in [2.45, 2.75) is 0 Å². The molecule has 0 saturated carbocycles. The number of aryl methyl sites for hydroxylation is 1. The summed E-state index contributed by atoms with van der Waals surface area (Å²) in [6.07, 6.45) is 6.80. The Hall–Kier alpha value is -3.34. The standard InChI is InChI=1S/C19H13N3O2/c1-22-11-13(17(21-22)12-6-8-20-9-7-12)10-16-18(23)14-4-2-3-5-15(14)19(16)24/h2-11H,1H3. The smallest absolute Gasteiger partial charge is 0.197 e. The van der Waals surface area contributed by atoms with E-state index in [1.165, 1.54) is 0 Å². The van der Waals surface area contributed by atoms with Gasteiger partial charge < -0.3 is 0 Å². The van der Waals surface area contributed by atoms with Gasteiger partial charge in [-0.15, -0.1) is 0 Å². The van der Waals surface area contributed by atoms with E-state index in [0.717, 1.165) is 11.1 Å². The fraction of sp³-hybridized carbons (Fsp3) is 0.0526. The lowest BCUT2D eigenvalue weighted by atomic mass is 10.0. The van der Waals surface area contributed by atoms with Gasteiger partial charge in [-0.25, -0.2) is 0 Å². The highest BCUT2D eigenvalue weighted by molar-refractivity contribution is 6.41. The van der Waals surface area contributed by atoms with Crippen molar-refractivity contribution in [2.24, 2.45) is 7.05 Å². The van der Waals surface area contributed by atoms with Crippen LogP contribution in [0.3, 0.4) is 0 Å². The van der Waals surface area contributed by atoms with Gasteiger partial charge in [0.15, 0.2) is 11.6 Å². The van der Waals surface area contributed by atoms with Crippen molar-refractivity contribution in [1.29, 1.82) is 0 Å². The summed E-state index contributed by atoms with van der Waals surface area (Å²) in [6, 6.07) is 10.6. The average molecular weight is 315 g/mol. The topological polar surface area (TPSA) is 64.8 Å². The molecule has 0 N–H and O–H groups in total. The number of hydrogen-bond donors (Lipinski definition) is 0. The third-order valence-corrected chi connectivity index (χ3v) is 4.02. The van der Waals surface area contributed by atoms with Crippen LogP contribution in [-0.4, -0.2) is 26.3 Å². The highest BCUT2D eigenvalue weighted by atomic mass is 16.2. The van der Waals surface area contributed by atoms with Crippen molar-refractivity contribution in [2.75, 3.05) is 0 Å². The van der Waals surface area contributed by atoms with Gasteiger partial charge in [-0.1, -0.05) is 24.3 Å². The first-order valence-electron chi connectivity index (χ1n) is 7.49. The first-order valence-corrected chi connectivity index (χ1v) is 7.49. The largest absolute Gasteiger partial charge is 0.288 e. The van der Waals surface area contributed by atoms with Gasteiger partial charge in [0.05, 0.1) is 11.3 Å². The molecule has 0 amide bonds. The minimum Gasteiger partial charge on any atom is -0.288 e. The van der Waals surface area contributed by atoms with Gasteiger partial charge in [0.25, 0.3) is 0 Å². The highest BCUT2D eigenvalue weighted by Gasteiger charge is 2.32. The molecular weight excluding hydrogens is 302 g/mol. The van der Waals surface area contributed by atoms with E-state index < -0.39 is 0 Å². The Labute approximate surface area is 138 Å². The van der Waals surface area contributed by atoms with Gasteiger partial charge in [-0.05, 0) is 18.2 Å². The maximum absolute atomic E-state index is 12.5. The van der Waals surface area contributed by atoms with E-state index in [-0.39, 0.29) is 17.1 Å². The van der Waals surface area contributed by atoms with Gasteiger partial charge in [0.2, 0.25) is 0 Å². The zero-order valence-electron chi connectivity index (χ0n) is 12.9. The number of ketones is 2. The number of fused-ring (bicyclic) bond motifs is 1. The summed E-state index contributed by atoms with van der Waals surface area (Å²) in [4.78, 5) is 29.1. The number of carbonyl (C=O) groups excluding carboxylic acids is 2. The summed E-state index contributed by atoms with van der Waals surface area (Å²) < 4.78 is 1.67. The Balaban J connectivity index is 1.84. The number of benzene rings is 1. The maximum atomic E-state index is 12.5. The molecule has 0 unspecified atom stereocenters. The van der Waals surface area contributed by atoms with E-state index in [0.29, 0.717) is 16.8 Å². The summed E-state index contributed by atoms with van der Waals surface area (Å²) in [5.41, 5.74) is 3.43. The van der Waals surface area contributed by atoms with Gasteiger partial charge in [-0.2, -0.15) is 5.10 Å². The molecule has 1 aliphatic rings. The van der Waals surface area contributed by atoms with Crippen LogP contribution in [0.25, 0.3) is 17.3 Å². The van der Waals surface area contributed by atoms with Crippen molar-refractivity contribution in [3.63, 3.8) is 0 Å². The molecule has 1 aliphatic carbocycles. The second kappa shape index (κ2) is 5.38. The van der Waals surface area contributed by atoms with Crippen molar-refractivity contribution < 1.29 is 9.59 Å². The fourth-order valence-electron chi connectivity index (χ4n) is 2.91. The molecule has 5 heteroatoms. The number of carbonyl (C=O) groups is 2. The summed E-state index contributed by atoms with van der Waals surface area (Å²) >= 11 is 0. The van der Waals surface area contributed by atoms with E-state index in [1.807, 2.05) is 12.1 Å². The Kier molecular flexibility index (Phi) is 3.20. The number of pyridine rings is 1. The zero-order valence-corrected chi connectivity index (χ0v) is 12.9. The molecule has 2 heterocycles. The average Bonchev–Trinajstić information content (AvgIpc) is 3.09. The monoisotopic (exact) mass is 315 g/mol.